The third-order valence-corrected chi connectivity index (χ3v) is 5.39. The van der Waals surface area contributed by atoms with Crippen molar-refractivity contribution in [2.24, 2.45) is 4.99 Å². The number of guanidine groups is 1. The fourth-order valence-electron chi connectivity index (χ4n) is 3.58. The molecule has 0 atom stereocenters. The van der Waals surface area contributed by atoms with Crippen molar-refractivity contribution in [2.75, 3.05) is 54.0 Å². The predicted molar refractivity (Wildman–Crippen MR) is 107 cm³/mol. The normalized spacial score (nSPS) is 18.4. The van der Waals surface area contributed by atoms with Gasteiger partial charge in [0, 0.05) is 57.5 Å². The molecule has 0 bridgehead atoms. The van der Waals surface area contributed by atoms with Gasteiger partial charge >= 0.3 is 0 Å². The Bertz CT molecular complexity index is 381. The summed E-state index contributed by atoms with van der Waals surface area (Å²) in [6, 6.07) is 1.18. The maximum absolute atomic E-state index is 5.54. The number of rotatable bonds is 9. The van der Waals surface area contributed by atoms with Crippen LogP contribution in [0.2, 0.25) is 0 Å². The van der Waals surface area contributed by atoms with Crippen molar-refractivity contribution in [3.63, 3.8) is 0 Å². The number of nitrogens with zero attached hydrogens (tertiary/aromatic N) is 3. The summed E-state index contributed by atoms with van der Waals surface area (Å²) in [6.07, 6.45) is 3.23. The highest BCUT2D eigenvalue weighted by Crippen LogP contribution is 2.24. The van der Waals surface area contributed by atoms with E-state index in [0.29, 0.717) is 12.1 Å². The highest BCUT2D eigenvalue weighted by atomic mass is 16.5. The van der Waals surface area contributed by atoms with Gasteiger partial charge in [-0.05, 0) is 61.1 Å². The first-order valence-electron chi connectivity index (χ1n) is 9.78. The van der Waals surface area contributed by atoms with E-state index in [0.717, 1.165) is 58.1 Å². The summed E-state index contributed by atoms with van der Waals surface area (Å²) < 4.78 is 5.54. The lowest BCUT2D eigenvalue weighted by Crippen LogP contribution is -2.57. The second kappa shape index (κ2) is 11.0. The molecule has 6 heteroatoms. The van der Waals surface area contributed by atoms with Crippen LogP contribution in [-0.2, 0) is 4.74 Å². The second-order valence-electron chi connectivity index (χ2n) is 7.86. The van der Waals surface area contributed by atoms with E-state index in [2.05, 4.69) is 67.2 Å². The topological polar surface area (TPSA) is 52.1 Å². The molecule has 0 spiro atoms. The van der Waals surface area contributed by atoms with E-state index in [4.69, 9.17) is 4.74 Å². The Labute approximate surface area is 155 Å². The summed E-state index contributed by atoms with van der Waals surface area (Å²) in [5.41, 5.74) is 0.155. The summed E-state index contributed by atoms with van der Waals surface area (Å²) in [7, 11) is 6.17. The molecule has 0 radical (unpaired) electrons. The maximum Gasteiger partial charge on any atom is 0.191 e. The monoisotopic (exact) mass is 355 g/mol. The third kappa shape index (κ3) is 7.12. The van der Waals surface area contributed by atoms with Gasteiger partial charge in [0.05, 0.1) is 0 Å². The van der Waals surface area contributed by atoms with E-state index >= 15 is 0 Å². The number of hydrogen-bond donors (Lipinski definition) is 2. The van der Waals surface area contributed by atoms with E-state index in [1.54, 1.807) is 0 Å². The molecule has 1 aliphatic heterocycles. The minimum absolute atomic E-state index is 0.155. The van der Waals surface area contributed by atoms with Crippen molar-refractivity contribution in [1.29, 1.82) is 0 Å². The summed E-state index contributed by atoms with van der Waals surface area (Å²) in [6.45, 7) is 13.7. The van der Waals surface area contributed by atoms with Gasteiger partial charge in [-0.25, -0.2) is 0 Å². The van der Waals surface area contributed by atoms with Crippen LogP contribution in [0.15, 0.2) is 4.99 Å². The van der Waals surface area contributed by atoms with Gasteiger partial charge in [0.2, 0.25) is 0 Å². The molecule has 2 N–H and O–H groups in total. The Hall–Kier alpha value is -0.850. The Balaban J connectivity index is 2.39. The third-order valence-electron chi connectivity index (χ3n) is 5.39. The van der Waals surface area contributed by atoms with Gasteiger partial charge in [-0.15, -0.1) is 0 Å². The molecule has 6 nitrogen and oxygen atoms in total. The fraction of sp³-hybridized carbons (Fsp3) is 0.947. The van der Waals surface area contributed by atoms with Gasteiger partial charge in [-0.2, -0.15) is 0 Å². The number of aliphatic imine (C=N–C) groups is 1. The van der Waals surface area contributed by atoms with E-state index in [1.807, 2.05) is 7.05 Å². The predicted octanol–water partition coefficient (Wildman–Crippen LogP) is 1.77. The SMILES string of the molecule is CN=C(NCCCN(C(C)C)C(C)C)NCC1(N(C)C)CCOCC1. The molecule has 1 rings (SSSR count). The molecule has 0 aliphatic carbocycles. The fourth-order valence-corrected chi connectivity index (χ4v) is 3.58. The first kappa shape index (κ1) is 22.2. The summed E-state index contributed by atoms with van der Waals surface area (Å²) >= 11 is 0. The Kier molecular flexibility index (Phi) is 9.75. The van der Waals surface area contributed by atoms with Gasteiger partial charge < -0.3 is 20.3 Å². The van der Waals surface area contributed by atoms with Crippen LogP contribution in [0, 0.1) is 0 Å². The highest BCUT2D eigenvalue weighted by molar-refractivity contribution is 5.79. The van der Waals surface area contributed by atoms with Crippen molar-refractivity contribution in [3.8, 4) is 0 Å². The number of ether oxygens (including phenoxy) is 1. The standard InChI is InChI=1S/C19H41N5O/c1-16(2)24(17(3)4)12-8-11-21-18(20-5)22-15-19(23(6)7)9-13-25-14-10-19/h16-17H,8-15H2,1-7H3,(H2,20,21,22). The molecular formula is C19H41N5O. The molecule has 1 fully saturated rings. The van der Waals surface area contributed by atoms with Gasteiger partial charge in [0.15, 0.2) is 5.96 Å². The molecule has 25 heavy (non-hydrogen) atoms. The maximum atomic E-state index is 5.54. The summed E-state index contributed by atoms with van der Waals surface area (Å²) in [4.78, 5) is 9.24. The molecule has 0 aromatic rings. The van der Waals surface area contributed by atoms with Crippen LogP contribution in [0.1, 0.15) is 47.0 Å². The van der Waals surface area contributed by atoms with Crippen LogP contribution in [0.5, 0.6) is 0 Å². The van der Waals surface area contributed by atoms with Crippen LogP contribution in [0.3, 0.4) is 0 Å². The van der Waals surface area contributed by atoms with Crippen molar-refractivity contribution in [2.45, 2.75) is 64.6 Å². The smallest absolute Gasteiger partial charge is 0.191 e. The lowest BCUT2D eigenvalue weighted by atomic mass is 9.88. The van der Waals surface area contributed by atoms with E-state index < -0.39 is 0 Å². The first-order chi connectivity index (χ1) is 11.8. The quantitative estimate of drug-likeness (QED) is 0.375. The van der Waals surface area contributed by atoms with Crippen LogP contribution in [0.25, 0.3) is 0 Å². The van der Waals surface area contributed by atoms with E-state index in [1.165, 1.54) is 0 Å². The molecule has 0 amide bonds. The average molecular weight is 356 g/mol. The molecule has 0 unspecified atom stereocenters. The molecule has 148 valence electrons. The molecule has 0 aromatic carbocycles. The first-order valence-corrected chi connectivity index (χ1v) is 9.78. The minimum Gasteiger partial charge on any atom is -0.381 e. The highest BCUT2D eigenvalue weighted by Gasteiger charge is 2.34. The zero-order chi connectivity index (χ0) is 18.9. The zero-order valence-electron chi connectivity index (χ0n) is 17.6. The Morgan fingerprint density at radius 3 is 2.16 bits per heavy atom. The Morgan fingerprint density at radius 1 is 1.08 bits per heavy atom. The van der Waals surface area contributed by atoms with E-state index in [-0.39, 0.29) is 5.54 Å². The largest absolute Gasteiger partial charge is 0.381 e. The lowest BCUT2D eigenvalue weighted by Gasteiger charge is -2.43. The average Bonchev–Trinajstić information content (AvgIpc) is 2.57. The lowest BCUT2D eigenvalue weighted by molar-refractivity contribution is -0.00501. The molecule has 1 heterocycles. The number of likely N-dealkylation sites (N-methyl/N-ethyl adjacent to an activating group) is 1. The molecule has 1 saturated heterocycles. The van der Waals surface area contributed by atoms with Crippen LogP contribution in [-0.4, -0.2) is 87.4 Å². The van der Waals surface area contributed by atoms with Crippen molar-refractivity contribution in [3.05, 3.63) is 0 Å². The summed E-state index contributed by atoms with van der Waals surface area (Å²) in [5, 5.41) is 6.98. The van der Waals surface area contributed by atoms with Crippen molar-refractivity contribution in [1.82, 2.24) is 20.4 Å². The van der Waals surface area contributed by atoms with Gasteiger partial charge in [-0.1, -0.05) is 0 Å². The molecule has 0 aromatic heterocycles. The van der Waals surface area contributed by atoms with E-state index in [9.17, 15) is 0 Å². The van der Waals surface area contributed by atoms with Crippen molar-refractivity contribution < 1.29 is 4.74 Å². The molecular weight excluding hydrogens is 314 g/mol. The van der Waals surface area contributed by atoms with Crippen molar-refractivity contribution >= 4 is 5.96 Å². The van der Waals surface area contributed by atoms with Crippen LogP contribution < -0.4 is 10.6 Å². The minimum atomic E-state index is 0.155. The number of hydrogen-bond acceptors (Lipinski definition) is 4. The Morgan fingerprint density at radius 2 is 1.68 bits per heavy atom. The second-order valence-corrected chi connectivity index (χ2v) is 7.86. The summed E-state index contributed by atoms with van der Waals surface area (Å²) in [5.74, 6) is 0.897. The molecule has 1 aliphatic rings. The molecule has 0 saturated carbocycles. The number of nitrogens with one attached hydrogen (secondary N) is 2. The zero-order valence-corrected chi connectivity index (χ0v) is 17.6. The van der Waals surface area contributed by atoms with Gasteiger partial charge in [0.1, 0.15) is 0 Å². The van der Waals surface area contributed by atoms with Gasteiger partial charge in [-0.3, -0.25) is 9.89 Å². The van der Waals surface area contributed by atoms with Gasteiger partial charge in [0.25, 0.3) is 0 Å². The van der Waals surface area contributed by atoms with Crippen LogP contribution in [0.4, 0.5) is 0 Å². The van der Waals surface area contributed by atoms with Crippen LogP contribution >= 0.6 is 0 Å².